The van der Waals surface area contributed by atoms with Crippen molar-refractivity contribution in [2.24, 2.45) is 5.92 Å². The van der Waals surface area contributed by atoms with Gasteiger partial charge < -0.3 is 15.1 Å². The second-order valence-electron chi connectivity index (χ2n) is 8.59. The van der Waals surface area contributed by atoms with Crippen LogP contribution in [0.1, 0.15) is 38.2 Å². The molecular weight excluding hydrogens is 388 g/mol. The lowest BCUT2D eigenvalue weighted by atomic mass is 10.0. The number of anilines is 1. The minimum atomic E-state index is -0.508. The first-order valence-corrected chi connectivity index (χ1v) is 10.7. The summed E-state index contributed by atoms with van der Waals surface area (Å²) in [5.74, 6) is -0.0418. The van der Waals surface area contributed by atoms with Gasteiger partial charge in [-0.15, -0.1) is 12.4 Å². The number of halogens is 1. The van der Waals surface area contributed by atoms with Crippen LogP contribution in [0.3, 0.4) is 0 Å². The smallest absolute Gasteiger partial charge is 0.239 e. The van der Waals surface area contributed by atoms with Gasteiger partial charge in [-0.2, -0.15) is 0 Å². The Kier molecular flexibility index (Phi) is 7.19. The van der Waals surface area contributed by atoms with Gasteiger partial charge in [0.2, 0.25) is 11.8 Å². The van der Waals surface area contributed by atoms with E-state index in [9.17, 15) is 9.59 Å². The van der Waals surface area contributed by atoms with E-state index in [0.29, 0.717) is 24.9 Å². The predicted octanol–water partition coefficient (Wildman–Crippen LogP) is 2.09. The molecule has 3 fully saturated rings. The van der Waals surface area contributed by atoms with Crippen molar-refractivity contribution >= 4 is 29.9 Å². The van der Waals surface area contributed by atoms with Gasteiger partial charge in [0, 0.05) is 57.5 Å². The monoisotopic (exact) mass is 420 g/mol. The van der Waals surface area contributed by atoms with Crippen LogP contribution in [0.5, 0.6) is 0 Å². The largest absolute Gasteiger partial charge is 0.340 e. The van der Waals surface area contributed by atoms with Crippen molar-refractivity contribution in [1.82, 2.24) is 15.1 Å². The number of benzene rings is 1. The van der Waals surface area contributed by atoms with Gasteiger partial charge in [-0.05, 0) is 36.5 Å². The maximum Gasteiger partial charge on any atom is 0.239 e. The van der Waals surface area contributed by atoms with Gasteiger partial charge in [0.25, 0.3) is 0 Å². The zero-order chi connectivity index (χ0) is 19.7. The van der Waals surface area contributed by atoms with E-state index in [-0.39, 0.29) is 24.2 Å². The van der Waals surface area contributed by atoms with Crippen LogP contribution in [0.15, 0.2) is 24.3 Å². The van der Waals surface area contributed by atoms with E-state index in [1.165, 1.54) is 5.56 Å². The van der Waals surface area contributed by atoms with Crippen LogP contribution in [0, 0.1) is 5.92 Å². The van der Waals surface area contributed by atoms with Gasteiger partial charge in [0.1, 0.15) is 5.92 Å². The van der Waals surface area contributed by atoms with Crippen LogP contribution >= 0.6 is 12.4 Å². The zero-order valence-electron chi connectivity index (χ0n) is 17.5. The van der Waals surface area contributed by atoms with E-state index in [0.717, 1.165) is 51.4 Å². The van der Waals surface area contributed by atoms with Crippen molar-refractivity contribution in [3.8, 4) is 0 Å². The molecule has 2 atom stereocenters. The first-order valence-electron chi connectivity index (χ1n) is 10.7. The van der Waals surface area contributed by atoms with Crippen molar-refractivity contribution in [2.45, 2.75) is 38.6 Å². The van der Waals surface area contributed by atoms with Gasteiger partial charge in [-0.1, -0.05) is 26.0 Å². The van der Waals surface area contributed by atoms with Crippen LogP contribution in [0.4, 0.5) is 5.69 Å². The van der Waals surface area contributed by atoms with Crippen LogP contribution in [-0.4, -0.2) is 73.5 Å². The van der Waals surface area contributed by atoms with Gasteiger partial charge in [-0.3, -0.25) is 14.5 Å². The molecule has 1 N–H and O–H groups in total. The molecule has 3 heterocycles. The normalized spacial score (nSPS) is 25.6. The number of likely N-dealkylation sites (tertiary alicyclic amines) is 1. The molecule has 1 aromatic carbocycles. The first-order chi connectivity index (χ1) is 13.5. The molecule has 2 unspecified atom stereocenters. The molecule has 3 saturated heterocycles. The molecule has 0 saturated carbocycles. The number of amides is 2. The Balaban J connectivity index is 0.00000240. The quantitative estimate of drug-likeness (QED) is 0.758. The Morgan fingerprint density at radius 2 is 1.72 bits per heavy atom. The highest BCUT2D eigenvalue weighted by atomic mass is 35.5. The van der Waals surface area contributed by atoms with Crippen LogP contribution in [-0.2, 0) is 9.59 Å². The summed E-state index contributed by atoms with van der Waals surface area (Å²) in [5.41, 5.74) is 2.17. The SMILES string of the molecule is CC(C)c1ccc(N2CCC(C(=O)N3CCC(N4CCNCC4)C3)C2=O)cc1.Cl. The highest BCUT2D eigenvalue weighted by Crippen LogP contribution is 2.29. The molecule has 2 amide bonds. The molecule has 3 aliphatic heterocycles. The molecule has 7 heteroatoms. The first kappa shape index (κ1) is 22.1. The molecule has 3 aliphatic rings. The second kappa shape index (κ2) is 9.45. The lowest BCUT2D eigenvalue weighted by Gasteiger charge is -2.32. The molecule has 0 aromatic heterocycles. The van der Waals surface area contributed by atoms with Crippen molar-refractivity contribution in [1.29, 1.82) is 0 Å². The Bertz CT molecular complexity index is 718. The third kappa shape index (κ3) is 4.60. The lowest BCUT2D eigenvalue weighted by Crippen LogP contribution is -2.49. The standard InChI is InChI=1S/C22H32N4O2.ClH/c1-16(2)17-3-5-18(6-4-17)26-12-8-20(22(26)28)21(27)25-11-7-19(15-25)24-13-9-23-10-14-24;/h3-6,16,19-20,23H,7-15H2,1-2H3;1H. The number of hydrogen-bond acceptors (Lipinski definition) is 4. The summed E-state index contributed by atoms with van der Waals surface area (Å²) in [4.78, 5) is 32.2. The van der Waals surface area contributed by atoms with Crippen LogP contribution < -0.4 is 10.2 Å². The number of rotatable bonds is 4. The third-order valence-corrected chi connectivity index (χ3v) is 6.52. The Morgan fingerprint density at radius 3 is 2.38 bits per heavy atom. The third-order valence-electron chi connectivity index (χ3n) is 6.52. The summed E-state index contributed by atoms with van der Waals surface area (Å²) in [5, 5.41) is 3.38. The van der Waals surface area contributed by atoms with E-state index in [1.54, 1.807) is 4.90 Å². The van der Waals surface area contributed by atoms with Crippen molar-refractivity contribution in [2.75, 3.05) is 50.7 Å². The van der Waals surface area contributed by atoms with Crippen molar-refractivity contribution in [3.05, 3.63) is 29.8 Å². The highest BCUT2D eigenvalue weighted by molar-refractivity contribution is 6.09. The maximum atomic E-state index is 13.1. The molecule has 0 radical (unpaired) electrons. The van der Waals surface area contributed by atoms with E-state index >= 15 is 0 Å². The molecule has 6 nitrogen and oxygen atoms in total. The van der Waals surface area contributed by atoms with E-state index < -0.39 is 5.92 Å². The number of hydrogen-bond donors (Lipinski definition) is 1. The van der Waals surface area contributed by atoms with Crippen LogP contribution in [0.25, 0.3) is 0 Å². The fourth-order valence-electron chi connectivity index (χ4n) is 4.71. The number of piperazine rings is 1. The number of carbonyl (C=O) groups excluding carboxylic acids is 2. The highest BCUT2D eigenvalue weighted by Gasteiger charge is 2.42. The fraction of sp³-hybridized carbons (Fsp3) is 0.636. The summed E-state index contributed by atoms with van der Waals surface area (Å²) >= 11 is 0. The molecule has 0 spiro atoms. The van der Waals surface area contributed by atoms with Crippen molar-refractivity contribution < 1.29 is 9.59 Å². The molecule has 0 aliphatic carbocycles. The minimum absolute atomic E-state index is 0. The van der Waals surface area contributed by atoms with Crippen molar-refractivity contribution in [3.63, 3.8) is 0 Å². The predicted molar refractivity (Wildman–Crippen MR) is 118 cm³/mol. The average Bonchev–Trinajstić information content (AvgIpc) is 3.35. The van der Waals surface area contributed by atoms with Gasteiger partial charge >= 0.3 is 0 Å². The molecule has 160 valence electrons. The number of nitrogens with one attached hydrogen (secondary N) is 1. The summed E-state index contributed by atoms with van der Waals surface area (Å²) in [6.07, 6.45) is 1.64. The van der Waals surface area contributed by atoms with Gasteiger partial charge in [-0.25, -0.2) is 0 Å². The number of nitrogens with zero attached hydrogens (tertiary/aromatic N) is 3. The van der Waals surface area contributed by atoms with Crippen LogP contribution in [0.2, 0.25) is 0 Å². The molecule has 29 heavy (non-hydrogen) atoms. The molecule has 1 aromatic rings. The topological polar surface area (TPSA) is 55.9 Å². The van der Waals surface area contributed by atoms with E-state index in [1.807, 2.05) is 17.0 Å². The fourth-order valence-corrected chi connectivity index (χ4v) is 4.71. The van der Waals surface area contributed by atoms with E-state index in [4.69, 9.17) is 0 Å². The molecule has 0 bridgehead atoms. The molecule has 4 rings (SSSR count). The molecular formula is C22H33ClN4O2. The van der Waals surface area contributed by atoms with Gasteiger partial charge in [0.15, 0.2) is 0 Å². The zero-order valence-corrected chi connectivity index (χ0v) is 18.3. The summed E-state index contributed by atoms with van der Waals surface area (Å²) in [6, 6.07) is 8.64. The maximum absolute atomic E-state index is 13.1. The van der Waals surface area contributed by atoms with E-state index in [2.05, 4.69) is 36.2 Å². The minimum Gasteiger partial charge on any atom is -0.340 e. The second-order valence-corrected chi connectivity index (χ2v) is 8.59. The van der Waals surface area contributed by atoms with Gasteiger partial charge in [0.05, 0.1) is 0 Å². The Labute approximate surface area is 180 Å². The average molecular weight is 421 g/mol. The lowest BCUT2D eigenvalue weighted by molar-refractivity contribution is -0.139. The summed E-state index contributed by atoms with van der Waals surface area (Å²) in [6.45, 7) is 10.6. The Hall–Kier alpha value is -1.63. The Morgan fingerprint density at radius 1 is 1.03 bits per heavy atom. The summed E-state index contributed by atoms with van der Waals surface area (Å²) < 4.78 is 0. The summed E-state index contributed by atoms with van der Waals surface area (Å²) in [7, 11) is 0. The number of carbonyl (C=O) groups is 2.